The summed E-state index contributed by atoms with van der Waals surface area (Å²) in [6.45, 7) is 8.33. The summed E-state index contributed by atoms with van der Waals surface area (Å²) in [6, 6.07) is 1.40. The van der Waals surface area contributed by atoms with E-state index in [0.29, 0.717) is 12.1 Å². The molecule has 0 radical (unpaired) electrons. The van der Waals surface area contributed by atoms with Gasteiger partial charge in [0.25, 0.3) is 0 Å². The van der Waals surface area contributed by atoms with Gasteiger partial charge in [-0.15, -0.1) is 0 Å². The van der Waals surface area contributed by atoms with E-state index in [1.165, 1.54) is 51.5 Å². The van der Waals surface area contributed by atoms with Crippen LogP contribution in [-0.4, -0.2) is 29.6 Å². The number of rotatable bonds is 6. The Morgan fingerprint density at radius 1 is 1.11 bits per heavy atom. The van der Waals surface area contributed by atoms with Crippen LogP contribution in [0, 0.1) is 11.8 Å². The average molecular weight is 285 g/mol. The number of thiol groups is 1. The second kappa shape index (κ2) is 7.33. The van der Waals surface area contributed by atoms with E-state index >= 15 is 0 Å². The van der Waals surface area contributed by atoms with Crippen molar-refractivity contribution in [2.75, 3.05) is 6.54 Å². The van der Waals surface area contributed by atoms with Crippen LogP contribution in [-0.2, 0) is 4.18 Å². The Morgan fingerprint density at radius 2 is 1.68 bits per heavy atom. The molecule has 0 aromatic rings. The van der Waals surface area contributed by atoms with E-state index in [0.717, 1.165) is 17.9 Å². The van der Waals surface area contributed by atoms with Crippen LogP contribution < -0.4 is 0 Å². The third-order valence-electron chi connectivity index (χ3n) is 5.36. The zero-order chi connectivity index (χ0) is 13.8. The minimum absolute atomic E-state index is 0.394. The smallest absolute Gasteiger partial charge is 0.0748 e. The molecule has 2 saturated carbocycles. The molecule has 0 heterocycles. The summed E-state index contributed by atoms with van der Waals surface area (Å²) in [5.41, 5.74) is 0. The predicted octanol–water partition coefficient (Wildman–Crippen LogP) is 4.31. The van der Waals surface area contributed by atoms with Gasteiger partial charge >= 0.3 is 0 Å². The normalized spacial score (nSPS) is 35.7. The SMILES string of the molecule is CC[C@H]1CC[C@H](CN(C(C)C)[C@H]2C[C@H](OS)C2)CC1. The predicted molar refractivity (Wildman–Crippen MR) is 84.5 cm³/mol. The second-order valence-electron chi connectivity index (χ2n) is 6.94. The van der Waals surface area contributed by atoms with Crippen molar-refractivity contribution < 1.29 is 4.18 Å². The van der Waals surface area contributed by atoms with Crippen molar-refractivity contribution in [1.82, 2.24) is 4.90 Å². The quantitative estimate of drug-likeness (QED) is 0.577. The van der Waals surface area contributed by atoms with E-state index < -0.39 is 0 Å². The molecule has 0 bridgehead atoms. The highest BCUT2D eigenvalue weighted by Crippen LogP contribution is 2.35. The number of hydrogen-bond donors (Lipinski definition) is 1. The van der Waals surface area contributed by atoms with E-state index in [1.807, 2.05) is 0 Å². The van der Waals surface area contributed by atoms with Gasteiger partial charge in [-0.25, -0.2) is 0 Å². The van der Waals surface area contributed by atoms with Gasteiger partial charge in [-0.3, -0.25) is 4.90 Å². The summed E-state index contributed by atoms with van der Waals surface area (Å²) in [4.78, 5) is 2.72. The molecular formula is C16H31NOS. The lowest BCUT2D eigenvalue weighted by molar-refractivity contribution is 0.000489. The largest absolute Gasteiger partial charge is 0.315 e. The first-order chi connectivity index (χ1) is 9.13. The van der Waals surface area contributed by atoms with Crippen LogP contribution in [0.25, 0.3) is 0 Å². The molecule has 112 valence electrons. The molecule has 0 N–H and O–H groups in total. The van der Waals surface area contributed by atoms with Gasteiger partial charge in [-0.2, -0.15) is 0 Å². The molecule has 19 heavy (non-hydrogen) atoms. The fourth-order valence-electron chi connectivity index (χ4n) is 3.80. The first kappa shape index (κ1) is 15.7. The monoisotopic (exact) mass is 285 g/mol. The minimum atomic E-state index is 0.394. The van der Waals surface area contributed by atoms with Crippen LogP contribution in [0.4, 0.5) is 0 Å². The first-order valence-corrected chi connectivity index (χ1v) is 8.56. The molecule has 2 fully saturated rings. The zero-order valence-corrected chi connectivity index (χ0v) is 13.7. The van der Waals surface area contributed by atoms with Crippen molar-refractivity contribution in [3.63, 3.8) is 0 Å². The summed E-state index contributed by atoms with van der Waals surface area (Å²) >= 11 is 3.94. The molecule has 0 atom stereocenters. The summed E-state index contributed by atoms with van der Waals surface area (Å²) in [5, 5.41) is 0. The highest BCUT2D eigenvalue weighted by Gasteiger charge is 2.36. The highest BCUT2D eigenvalue weighted by molar-refractivity contribution is 7.75. The molecule has 2 nitrogen and oxygen atoms in total. The van der Waals surface area contributed by atoms with Gasteiger partial charge in [0, 0.05) is 18.6 Å². The maximum Gasteiger partial charge on any atom is 0.0748 e. The van der Waals surface area contributed by atoms with Gasteiger partial charge in [-0.05, 0) is 64.3 Å². The Bertz CT molecular complexity index is 257. The van der Waals surface area contributed by atoms with Gasteiger partial charge < -0.3 is 4.18 Å². The molecule has 0 amide bonds. The second-order valence-corrected chi connectivity index (χ2v) is 7.15. The van der Waals surface area contributed by atoms with E-state index in [9.17, 15) is 0 Å². The minimum Gasteiger partial charge on any atom is -0.315 e. The standard InChI is InChI=1S/C16H31NOS/c1-4-13-5-7-14(8-6-13)11-17(12(2)3)15-9-16(10-15)18-19/h12-16,19H,4-11H2,1-3H3/t13-,14-,15-,16-. The summed E-state index contributed by atoms with van der Waals surface area (Å²) in [5.74, 6) is 1.94. The van der Waals surface area contributed by atoms with Gasteiger partial charge in [0.2, 0.25) is 0 Å². The molecule has 0 saturated heterocycles. The zero-order valence-electron chi connectivity index (χ0n) is 12.8. The van der Waals surface area contributed by atoms with E-state index in [4.69, 9.17) is 4.18 Å². The first-order valence-electron chi connectivity index (χ1n) is 8.20. The van der Waals surface area contributed by atoms with Crippen molar-refractivity contribution >= 4 is 12.9 Å². The van der Waals surface area contributed by atoms with Crippen LogP contribution in [0.5, 0.6) is 0 Å². The maximum atomic E-state index is 5.13. The Hall–Kier alpha value is 0.270. The summed E-state index contributed by atoms with van der Waals surface area (Å²) in [6.07, 6.45) is 9.93. The Balaban J connectivity index is 1.78. The Kier molecular flexibility index (Phi) is 6.04. The van der Waals surface area contributed by atoms with Crippen molar-refractivity contribution in [3.8, 4) is 0 Å². The maximum absolute atomic E-state index is 5.13. The average Bonchev–Trinajstić information content (AvgIpc) is 2.37. The van der Waals surface area contributed by atoms with Gasteiger partial charge in [0.15, 0.2) is 0 Å². The third kappa shape index (κ3) is 4.12. The topological polar surface area (TPSA) is 12.5 Å². The lowest BCUT2D eigenvalue weighted by atomic mass is 9.79. The fourth-order valence-corrected chi connectivity index (χ4v) is 3.97. The molecule has 2 aliphatic rings. The summed E-state index contributed by atoms with van der Waals surface area (Å²) in [7, 11) is 0. The summed E-state index contributed by atoms with van der Waals surface area (Å²) < 4.78 is 5.13. The number of hydrogen-bond acceptors (Lipinski definition) is 3. The molecule has 2 rings (SSSR count). The molecule has 3 heteroatoms. The molecule has 0 unspecified atom stereocenters. The fraction of sp³-hybridized carbons (Fsp3) is 1.00. The lowest BCUT2D eigenvalue weighted by Gasteiger charge is -2.46. The molecular weight excluding hydrogens is 254 g/mol. The molecule has 0 aromatic carbocycles. The molecule has 0 aromatic heterocycles. The highest BCUT2D eigenvalue weighted by atomic mass is 32.1. The van der Waals surface area contributed by atoms with Crippen molar-refractivity contribution in [2.24, 2.45) is 11.8 Å². The van der Waals surface area contributed by atoms with Gasteiger partial charge in [0.05, 0.1) is 6.10 Å². The van der Waals surface area contributed by atoms with Gasteiger partial charge in [0.1, 0.15) is 0 Å². The van der Waals surface area contributed by atoms with Crippen LogP contribution in [0.1, 0.15) is 65.7 Å². The molecule has 0 spiro atoms. The Labute approximate surface area is 124 Å². The molecule has 0 aliphatic heterocycles. The van der Waals surface area contributed by atoms with E-state index in [2.05, 4.69) is 38.6 Å². The van der Waals surface area contributed by atoms with Gasteiger partial charge in [-0.1, -0.05) is 26.2 Å². The van der Waals surface area contributed by atoms with E-state index in [-0.39, 0.29) is 0 Å². The lowest BCUT2D eigenvalue weighted by Crippen LogP contribution is -2.52. The van der Waals surface area contributed by atoms with Crippen molar-refractivity contribution in [3.05, 3.63) is 0 Å². The van der Waals surface area contributed by atoms with Crippen LogP contribution in [0.15, 0.2) is 0 Å². The van der Waals surface area contributed by atoms with Crippen LogP contribution in [0.3, 0.4) is 0 Å². The Morgan fingerprint density at radius 3 is 2.16 bits per heavy atom. The molecule has 2 aliphatic carbocycles. The van der Waals surface area contributed by atoms with E-state index in [1.54, 1.807) is 0 Å². The van der Waals surface area contributed by atoms with Crippen molar-refractivity contribution in [1.29, 1.82) is 0 Å². The van der Waals surface area contributed by atoms with Crippen LogP contribution >= 0.6 is 12.9 Å². The number of nitrogens with zero attached hydrogens (tertiary/aromatic N) is 1. The van der Waals surface area contributed by atoms with Crippen molar-refractivity contribution in [2.45, 2.75) is 83.9 Å². The third-order valence-corrected chi connectivity index (χ3v) is 5.66. The van der Waals surface area contributed by atoms with Crippen LogP contribution in [0.2, 0.25) is 0 Å².